The Hall–Kier alpha value is -3.97. The van der Waals surface area contributed by atoms with Crippen molar-refractivity contribution in [2.75, 3.05) is 19.8 Å². The highest BCUT2D eigenvalue weighted by atomic mass is 16.5. The minimum absolute atomic E-state index is 0.00417. The molecule has 7 nitrogen and oxygen atoms in total. The van der Waals surface area contributed by atoms with Crippen LogP contribution in [-0.4, -0.2) is 47.5 Å². The molecule has 0 fully saturated rings. The molecule has 1 N–H and O–H groups in total. The second-order valence-electron chi connectivity index (χ2n) is 6.99. The molecule has 2 aromatic carbocycles. The van der Waals surface area contributed by atoms with Crippen LogP contribution >= 0.6 is 0 Å². The Labute approximate surface area is 185 Å². The minimum atomic E-state index is -0.659. The summed E-state index contributed by atoms with van der Waals surface area (Å²) in [5.74, 6) is -0.148. The SMILES string of the molecule is C=C(CO)C(=O)Oc1ccc(/C=C/c2ccc(OCCCN3C(=O)C=CC3=O)cc2)cc1. The third-order valence-electron chi connectivity index (χ3n) is 4.61. The molecule has 0 saturated carbocycles. The number of carbonyl (C=O) groups is 3. The van der Waals surface area contributed by atoms with Crippen LogP contribution in [0.25, 0.3) is 12.2 Å². The summed E-state index contributed by atoms with van der Waals surface area (Å²) in [6.45, 7) is 3.71. The standard InChI is InChI=1S/C25H23NO6/c1-18(17-27)25(30)32-22-11-7-20(8-12-22)4-3-19-5-9-21(10-6-19)31-16-2-15-26-23(28)13-14-24(26)29/h3-14,27H,1-2,15-17H2/b4-3+. The summed E-state index contributed by atoms with van der Waals surface area (Å²) in [5.41, 5.74) is 1.90. The molecule has 0 unspecified atom stereocenters. The Kier molecular flexibility index (Phi) is 7.72. The van der Waals surface area contributed by atoms with E-state index in [1.807, 2.05) is 48.6 Å². The molecular formula is C25H23NO6. The summed E-state index contributed by atoms with van der Waals surface area (Å²) in [7, 11) is 0. The fourth-order valence-corrected chi connectivity index (χ4v) is 2.82. The van der Waals surface area contributed by atoms with Gasteiger partial charge in [-0.15, -0.1) is 0 Å². The Bertz CT molecular complexity index is 1030. The summed E-state index contributed by atoms with van der Waals surface area (Å²) in [5, 5.41) is 8.89. The molecule has 2 aromatic rings. The normalized spacial score (nSPS) is 13.1. The maximum Gasteiger partial charge on any atom is 0.341 e. The van der Waals surface area contributed by atoms with E-state index in [9.17, 15) is 14.4 Å². The number of esters is 1. The molecule has 3 rings (SSSR count). The number of carbonyl (C=O) groups excluding carboxylic acids is 3. The van der Waals surface area contributed by atoms with Crippen LogP contribution in [-0.2, 0) is 14.4 Å². The monoisotopic (exact) mass is 433 g/mol. The number of amides is 2. The average molecular weight is 433 g/mol. The highest BCUT2D eigenvalue weighted by molar-refractivity contribution is 6.12. The Morgan fingerprint density at radius 3 is 1.97 bits per heavy atom. The fourth-order valence-electron chi connectivity index (χ4n) is 2.82. The zero-order chi connectivity index (χ0) is 22.9. The highest BCUT2D eigenvalue weighted by Gasteiger charge is 2.22. The number of nitrogens with zero attached hydrogens (tertiary/aromatic N) is 1. The molecule has 1 aliphatic heterocycles. The van der Waals surface area contributed by atoms with Gasteiger partial charge in [0.1, 0.15) is 11.5 Å². The molecule has 0 radical (unpaired) electrons. The quantitative estimate of drug-likeness (QED) is 0.155. The van der Waals surface area contributed by atoms with E-state index in [1.54, 1.807) is 12.1 Å². The fraction of sp³-hybridized carbons (Fsp3) is 0.160. The maximum absolute atomic E-state index is 11.6. The topological polar surface area (TPSA) is 93.1 Å². The van der Waals surface area contributed by atoms with Gasteiger partial charge >= 0.3 is 5.97 Å². The molecule has 0 aliphatic carbocycles. The zero-order valence-electron chi connectivity index (χ0n) is 17.4. The first-order chi connectivity index (χ1) is 15.5. The van der Waals surface area contributed by atoms with Gasteiger partial charge in [-0.25, -0.2) is 4.79 Å². The summed E-state index contributed by atoms with van der Waals surface area (Å²) < 4.78 is 10.8. The van der Waals surface area contributed by atoms with Crippen LogP contribution in [0.2, 0.25) is 0 Å². The van der Waals surface area contributed by atoms with Gasteiger partial charge in [0.25, 0.3) is 11.8 Å². The Morgan fingerprint density at radius 1 is 0.906 bits per heavy atom. The van der Waals surface area contributed by atoms with Crippen LogP contribution in [0, 0.1) is 0 Å². The number of aliphatic hydroxyl groups is 1. The van der Waals surface area contributed by atoms with Crippen LogP contribution in [0.15, 0.2) is 72.8 Å². The number of aliphatic hydroxyl groups excluding tert-OH is 1. The van der Waals surface area contributed by atoms with Gasteiger partial charge in [-0.1, -0.05) is 43.0 Å². The van der Waals surface area contributed by atoms with E-state index in [-0.39, 0.29) is 17.4 Å². The Balaban J connectivity index is 1.44. The van der Waals surface area contributed by atoms with E-state index in [2.05, 4.69) is 6.58 Å². The van der Waals surface area contributed by atoms with E-state index in [0.717, 1.165) is 11.1 Å². The van der Waals surface area contributed by atoms with Gasteiger partial charge in [0.15, 0.2) is 0 Å². The molecule has 1 aliphatic rings. The molecule has 2 amide bonds. The number of benzene rings is 2. The van der Waals surface area contributed by atoms with Crippen LogP contribution in [0.4, 0.5) is 0 Å². The van der Waals surface area contributed by atoms with Crippen molar-refractivity contribution < 1.29 is 29.0 Å². The van der Waals surface area contributed by atoms with Crippen LogP contribution in [0.1, 0.15) is 17.5 Å². The summed E-state index contributed by atoms with van der Waals surface area (Å²) in [4.78, 5) is 35.8. The molecule has 32 heavy (non-hydrogen) atoms. The Morgan fingerprint density at radius 2 is 1.44 bits per heavy atom. The summed E-state index contributed by atoms with van der Waals surface area (Å²) in [6.07, 6.45) is 6.96. The lowest BCUT2D eigenvalue weighted by atomic mass is 10.1. The van der Waals surface area contributed by atoms with Gasteiger partial charge < -0.3 is 14.6 Å². The number of rotatable bonds is 10. The first kappa shape index (κ1) is 22.7. The van der Waals surface area contributed by atoms with Crippen molar-refractivity contribution in [1.82, 2.24) is 4.90 Å². The third-order valence-corrected chi connectivity index (χ3v) is 4.61. The largest absolute Gasteiger partial charge is 0.494 e. The summed E-state index contributed by atoms with van der Waals surface area (Å²) >= 11 is 0. The van der Waals surface area contributed by atoms with E-state index in [4.69, 9.17) is 14.6 Å². The summed E-state index contributed by atoms with van der Waals surface area (Å²) in [6, 6.07) is 14.5. The van der Waals surface area contributed by atoms with Gasteiger partial charge in [0.05, 0.1) is 18.8 Å². The predicted molar refractivity (Wildman–Crippen MR) is 120 cm³/mol. The van der Waals surface area contributed by atoms with Crippen molar-refractivity contribution in [3.05, 3.63) is 84.0 Å². The van der Waals surface area contributed by atoms with Crippen LogP contribution in [0.3, 0.4) is 0 Å². The second kappa shape index (κ2) is 10.9. The van der Waals surface area contributed by atoms with Crippen molar-refractivity contribution >= 4 is 29.9 Å². The number of hydrogen-bond acceptors (Lipinski definition) is 6. The van der Waals surface area contributed by atoms with Crippen LogP contribution < -0.4 is 9.47 Å². The van der Waals surface area contributed by atoms with Crippen molar-refractivity contribution in [2.45, 2.75) is 6.42 Å². The van der Waals surface area contributed by atoms with Gasteiger partial charge in [0.2, 0.25) is 0 Å². The molecule has 0 spiro atoms. The molecule has 7 heteroatoms. The predicted octanol–water partition coefficient (Wildman–Crippen LogP) is 3.00. The lowest BCUT2D eigenvalue weighted by molar-refractivity contribution is -0.137. The van der Waals surface area contributed by atoms with Gasteiger partial charge in [-0.05, 0) is 41.8 Å². The first-order valence-corrected chi connectivity index (χ1v) is 10.0. The lowest BCUT2D eigenvalue weighted by Gasteiger charge is -2.13. The number of ether oxygens (including phenoxy) is 2. The molecule has 0 saturated heterocycles. The average Bonchev–Trinajstić information content (AvgIpc) is 3.13. The lowest BCUT2D eigenvalue weighted by Crippen LogP contribution is -2.31. The van der Waals surface area contributed by atoms with E-state index in [0.29, 0.717) is 31.1 Å². The van der Waals surface area contributed by atoms with Gasteiger partial charge in [0, 0.05) is 18.7 Å². The van der Waals surface area contributed by atoms with E-state index >= 15 is 0 Å². The first-order valence-electron chi connectivity index (χ1n) is 10.0. The molecule has 1 heterocycles. The minimum Gasteiger partial charge on any atom is -0.494 e. The molecule has 0 atom stereocenters. The third kappa shape index (κ3) is 6.26. The zero-order valence-corrected chi connectivity index (χ0v) is 17.4. The van der Waals surface area contributed by atoms with E-state index in [1.165, 1.54) is 17.1 Å². The molecular weight excluding hydrogens is 410 g/mol. The smallest absolute Gasteiger partial charge is 0.341 e. The number of imide groups is 1. The molecule has 164 valence electrons. The molecule has 0 aromatic heterocycles. The van der Waals surface area contributed by atoms with Crippen molar-refractivity contribution in [3.8, 4) is 11.5 Å². The molecule has 0 bridgehead atoms. The van der Waals surface area contributed by atoms with E-state index < -0.39 is 12.6 Å². The van der Waals surface area contributed by atoms with Crippen molar-refractivity contribution in [1.29, 1.82) is 0 Å². The second-order valence-corrected chi connectivity index (χ2v) is 6.99. The van der Waals surface area contributed by atoms with Crippen LogP contribution in [0.5, 0.6) is 11.5 Å². The highest BCUT2D eigenvalue weighted by Crippen LogP contribution is 2.17. The maximum atomic E-state index is 11.6. The van der Waals surface area contributed by atoms with Crippen molar-refractivity contribution in [3.63, 3.8) is 0 Å². The van der Waals surface area contributed by atoms with Gasteiger partial charge in [-0.3, -0.25) is 14.5 Å². The number of hydrogen-bond donors (Lipinski definition) is 1. The van der Waals surface area contributed by atoms with Gasteiger partial charge in [-0.2, -0.15) is 0 Å². The van der Waals surface area contributed by atoms with Crippen molar-refractivity contribution in [2.24, 2.45) is 0 Å².